The Bertz CT molecular complexity index is 909. The molecule has 120 valence electrons. The first kappa shape index (κ1) is 15.7. The molecule has 2 N–H and O–H groups in total. The minimum atomic E-state index is -1.27. The van der Waals surface area contributed by atoms with Gasteiger partial charge < -0.3 is 9.63 Å². The number of pyridine rings is 1. The van der Waals surface area contributed by atoms with Crippen LogP contribution in [0.1, 0.15) is 20.7 Å². The van der Waals surface area contributed by atoms with E-state index in [1.54, 1.807) is 30.3 Å². The van der Waals surface area contributed by atoms with Crippen LogP contribution in [-0.4, -0.2) is 27.1 Å². The minimum Gasteiger partial charge on any atom is -0.477 e. The third-order valence-electron chi connectivity index (χ3n) is 3.17. The average molecular weight is 344 g/mol. The lowest BCUT2D eigenvalue weighted by Crippen LogP contribution is -2.14. The average Bonchev–Trinajstić information content (AvgIpc) is 2.99. The van der Waals surface area contributed by atoms with Crippen molar-refractivity contribution in [2.24, 2.45) is 0 Å². The first-order chi connectivity index (χ1) is 11.6. The number of carbonyl (C=O) groups excluding carboxylic acids is 1. The van der Waals surface area contributed by atoms with E-state index in [4.69, 9.17) is 16.1 Å². The first-order valence-electron chi connectivity index (χ1n) is 6.76. The highest BCUT2D eigenvalue weighted by Gasteiger charge is 2.25. The summed E-state index contributed by atoms with van der Waals surface area (Å²) in [5, 5.41) is 16.0. The molecule has 24 heavy (non-hydrogen) atoms. The fourth-order valence-electron chi connectivity index (χ4n) is 2.09. The van der Waals surface area contributed by atoms with Crippen molar-refractivity contribution >= 4 is 29.4 Å². The summed E-state index contributed by atoms with van der Waals surface area (Å²) in [6.07, 6.45) is 3.00. The zero-order valence-electron chi connectivity index (χ0n) is 12.1. The summed E-state index contributed by atoms with van der Waals surface area (Å²) in [6, 6.07) is 9.41. The van der Waals surface area contributed by atoms with Crippen molar-refractivity contribution in [3.63, 3.8) is 0 Å². The number of halogens is 1. The maximum absolute atomic E-state index is 12.2. The normalized spacial score (nSPS) is 10.4. The number of benzene rings is 1. The van der Waals surface area contributed by atoms with E-state index < -0.39 is 11.9 Å². The van der Waals surface area contributed by atoms with E-state index in [1.807, 2.05) is 0 Å². The Labute approximate surface area is 140 Å². The predicted octanol–water partition coefficient (Wildman–Crippen LogP) is 3.34. The third-order valence-corrected chi connectivity index (χ3v) is 3.41. The number of rotatable bonds is 4. The van der Waals surface area contributed by atoms with Crippen LogP contribution in [-0.2, 0) is 0 Å². The van der Waals surface area contributed by atoms with E-state index in [0.717, 1.165) is 0 Å². The number of nitrogens with one attached hydrogen (secondary N) is 1. The van der Waals surface area contributed by atoms with Gasteiger partial charge in [0.25, 0.3) is 5.91 Å². The Morgan fingerprint density at radius 1 is 1.17 bits per heavy atom. The van der Waals surface area contributed by atoms with Crippen LogP contribution in [0, 0.1) is 0 Å². The lowest BCUT2D eigenvalue weighted by molar-refractivity contribution is 0.0698. The Hall–Kier alpha value is -3.19. The Balaban J connectivity index is 1.96. The van der Waals surface area contributed by atoms with E-state index in [9.17, 15) is 14.7 Å². The van der Waals surface area contributed by atoms with Crippen molar-refractivity contribution in [1.29, 1.82) is 0 Å². The minimum absolute atomic E-state index is 0.103. The highest BCUT2D eigenvalue weighted by molar-refractivity contribution is 6.31. The standard InChI is InChI=1S/C16H10ClN3O4/c17-11-3-1-2-10(8-11)14(21)19-15-12(16(22)23)13(20-24-15)9-4-6-18-7-5-9/h1-8H,(H,19,21)(H,22,23). The van der Waals surface area contributed by atoms with Crippen LogP contribution in [0.15, 0.2) is 53.3 Å². The second-order valence-corrected chi connectivity index (χ2v) is 5.18. The van der Waals surface area contributed by atoms with E-state index in [1.165, 1.54) is 18.5 Å². The molecular weight excluding hydrogens is 334 g/mol. The second kappa shape index (κ2) is 6.51. The number of anilines is 1. The molecule has 0 aliphatic carbocycles. The van der Waals surface area contributed by atoms with E-state index in [2.05, 4.69) is 15.5 Å². The molecule has 0 fully saturated rings. The van der Waals surface area contributed by atoms with Gasteiger partial charge in [-0.3, -0.25) is 15.1 Å². The summed E-state index contributed by atoms with van der Waals surface area (Å²) in [6.45, 7) is 0. The molecular formula is C16H10ClN3O4. The van der Waals surface area contributed by atoms with Gasteiger partial charge in [0.15, 0.2) is 5.56 Å². The van der Waals surface area contributed by atoms with Gasteiger partial charge in [-0.1, -0.05) is 22.8 Å². The van der Waals surface area contributed by atoms with Crippen molar-refractivity contribution in [3.05, 3.63) is 64.9 Å². The molecule has 0 unspecified atom stereocenters. The quantitative estimate of drug-likeness (QED) is 0.752. The summed E-state index contributed by atoms with van der Waals surface area (Å²) < 4.78 is 5.02. The van der Waals surface area contributed by atoms with Gasteiger partial charge in [-0.05, 0) is 30.3 Å². The van der Waals surface area contributed by atoms with Gasteiger partial charge in [0.05, 0.1) is 0 Å². The topological polar surface area (TPSA) is 105 Å². The maximum atomic E-state index is 12.2. The molecule has 0 saturated carbocycles. The zero-order chi connectivity index (χ0) is 17.1. The molecule has 7 nitrogen and oxygen atoms in total. The molecule has 0 spiro atoms. The van der Waals surface area contributed by atoms with Crippen molar-refractivity contribution in [2.75, 3.05) is 5.32 Å². The molecule has 0 radical (unpaired) electrons. The zero-order valence-corrected chi connectivity index (χ0v) is 12.8. The number of amides is 1. The van der Waals surface area contributed by atoms with E-state index in [0.29, 0.717) is 10.6 Å². The van der Waals surface area contributed by atoms with Gasteiger partial charge in [-0.2, -0.15) is 0 Å². The Kier molecular flexibility index (Phi) is 4.26. The number of aromatic carboxylic acids is 1. The van der Waals surface area contributed by atoms with Gasteiger partial charge in [0.2, 0.25) is 5.88 Å². The lowest BCUT2D eigenvalue weighted by atomic mass is 10.1. The number of hydrogen-bond donors (Lipinski definition) is 2. The summed E-state index contributed by atoms with van der Waals surface area (Å²) in [7, 11) is 0. The van der Waals surface area contributed by atoms with Crippen LogP contribution < -0.4 is 5.32 Å². The third kappa shape index (κ3) is 3.11. The number of carbonyl (C=O) groups is 2. The first-order valence-corrected chi connectivity index (χ1v) is 7.14. The monoisotopic (exact) mass is 343 g/mol. The molecule has 0 saturated heterocycles. The molecule has 2 aromatic heterocycles. The van der Waals surface area contributed by atoms with Gasteiger partial charge in [-0.15, -0.1) is 0 Å². The highest BCUT2D eigenvalue weighted by atomic mass is 35.5. The summed E-state index contributed by atoms with van der Waals surface area (Å²) in [5.41, 5.74) is 0.637. The van der Waals surface area contributed by atoms with Crippen LogP contribution in [0.2, 0.25) is 5.02 Å². The molecule has 3 aromatic rings. The number of nitrogens with zero attached hydrogens (tertiary/aromatic N) is 2. The summed E-state index contributed by atoms with van der Waals surface area (Å²) >= 11 is 5.84. The molecule has 1 amide bonds. The largest absolute Gasteiger partial charge is 0.477 e. The van der Waals surface area contributed by atoms with Crippen molar-refractivity contribution < 1.29 is 19.2 Å². The number of carboxylic acid groups (broad SMARTS) is 1. The van der Waals surface area contributed by atoms with Crippen LogP contribution in [0.25, 0.3) is 11.3 Å². The van der Waals surface area contributed by atoms with Crippen LogP contribution in [0.5, 0.6) is 0 Å². The van der Waals surface area contributed by atoms with Gasteiger partial charge in [0, 0.05) is 28.5 Å². The molecule has 0 bridgehead atoms. The van der Waals surface area contributed by atoms with Gasteiger partial charge in [0.1, 0.15) is 5.69 Å². The Morgan fingerprint density at radius 2 is 1.92 bits per heavy atom. The number of aromatic nitrogens is 2. The molecule has 2 heterocycles. The fourth-order valence-corrected chi connectivity index (χ4v) is 2.28. The summed E-state index contributed by atoms with van der Waals surface area (Å²) in [4.78, 5) is 27.6. The number of hydrogen-bond acceptors (Lipinski definition) is 5. The molecule has 0 atom stereocenters. The van der Waals surface area contributed by atoms with Gasteiger partial charge in [-0.25, -0.2) is 4.79 Å². The second-order valence-electron chi connectivity index (χ2n) is 4.74. The van der Waals surface area contributed by atoms with E-state index >= 15 is 0 Å². The fraction of sp³-hybridized carbons (Fsp3) is 0. The molecule has 3 rings (SSSR count). The molecule has 1 aromatic carbocycles. The number of carboxylic acids is 1. The predicted molar refractivity (Wildman–Crippen MR) is 86.1 cm³/mol. The van der Waals surface area contributed by atoms with Crippen LogP contribution >= 0.6 is 11.6 Å². The smallest absolute Gasteiger partial charge is 0.343 e. The van der Waals surface area contributed by atoms with Crippen molar-refractivity contribution in [1.82, 2.24) is 10.1 Å². The van der Waals surface area contributed by atoms with Crippen molar-refractivity contribution in [2.45, 2.75) is 0 Å². The Morgan fingerprint density at radius 3 is 2.58 bits per heavy atom. The molecule has 0 aliphatic heterocycles. The summed E-state index contributed by atoms with van der Waals surface area (Å²) in [5.74, 6) is -2.08. The van der Waals surface area contributed by atoms with Crippen LogP contribution in [0.3, 0.4) is 0 Å². The highest BCUT2D eigenvalue weighted by Crippen LogP contribution is 2.29. The SMILES string of the molecule is O=C(Nc1onc(-c2ccncc2)c1C(=O)O)c1cccc(Cl)c1. The van der Waals surface area contributed by atoms with E-state index in [-0.39, 0.29) is 22.7 Å². The van der Waals surface area contributed by atoms with Crippen LogP contribution in [0.4, 0.5) is 5.88 Å². The maximum Gasteiger partial charge on any atom is 0.343 e. The molecule has 8 heteroatoms. The van der Waals surface area contributed by atoms with Crippen molar-refractivity contribution in [3.8, 4) is 11.3 Å². The molecule has 0 aliphatic rings. The van der Waals surface area contributed by atoms with Gasteiger partial charge >= 0.3 is 5.97 Å². The lowest BCUT2D eigenvalue weighted by Gasteiger charge is -2.03.